The number of nitrogens with zero attached hydrogens (tertiary/aromatic N) is 3. The van der Waals surface area contributed by atoms with Crippen molar-refractivity contribution in [2.45, 2.75) is 26.3 Å². The summed E-state index contributed by atoms with van der Waals surface area (Å²) in [5, 5.41) is 7.44. The van der Waals surface area contributed by atoms with Crippen LogP contribution in [0.3, 0.4) is 0 Å². The molecule has 6 heteroatoms. The Kier molecular flexibility index (Phi) is 5.20. The molecule has 6 nitrogen and oxygen atoms in total. The molecule has 1 amide bonds. The highest BCUT2D eigenvalue weighted by molar-refractivity contribution is 5.77. The van der Waals surface area contributed by atoms with Gasteiger partial charge < -0.3 is 15.0 Å². The van der Waals surface area contributed by atoms with E-state index in [2.05, 4.69) is 17.3 Å². The van der Waals surface area contributed by atoms with Crippen LogP contribution in [0.5, 0.6) is 5.75 Å². The molecule has 0 radical (unpaired) electrons. The molecule has 0 unspecified atom stereocenters. The van der Waals surface area contributed by atoms with Gasteiger partial charge in [-0.25, -0.2) is 0 Å². The zero-order valence-corrected chi connectivity index (χ0v) is 11.5. The van der Waals surface area contributed by atoms with Gasteiger partial charge in [0.05, 0.1) is 12.4 Å². The molecule has 0 aromatic carbocycles. The second kappa shape index (κ2) is 7.13. The van der Waals surface area contributed by atoms with Crippen molar-refractivity contribution in [2.24, 2.45) is 0 Å². The zero-order chi connectivity index (χ0) is 13.5. The minimum atomic E-state index is 0.0481. The van der Waals surface area contributed by atoms with Crippen molar-refractivity contribution < 1.29 is 9.53 Å². The summed E-state index contributed by atoms with van der Waals surface area (Å²) in [4.78, 5) is 13.9. The number of amides is 1. The van der Waals surface area contributed by atoms with Gasteiger partial charge in [-0.2, -0.15) is 5.10 Å². The largest absolute Gasteiger partial charge is 0.480 e. The number of aromatic nitrogens is 2. The molecule has 2 heterocycles. The predicted molar refractivity (Wildman–Crippen MR) is 72.1 cm³/mol. The monoisotopic (exact) mass is 266 g/mol. The van der Waals surface area contributed by atoms with E-state index >= 15 is 0 Å². The lowest BCUT2D eigenvalue weighted by molar-refractivity contribution is -0.133. The molecule has 19 heavy (non-hydrogen) atoms. The third-order valence-corrected chi connectivity index (χ3v) is 3.12. The summed E-state index contributed by atoms with van der Waals surface area (Å²) in [6.07, 6.45) is 5.52. The van der Waals surface area contributed by atoms with Crippen LogP contribution in [0.1, 0.15) is 19.8 Å². The topological polar surface area (TPSA) is 59.4 Å². The number of rotatable bonds is 5. The summed E-state index contributed by atoms with van der Waals surface area (Å²) in [6, 6.07) is 0. The van der Waals surface area contributed by atoms with Gasteiger partial charge in [0.15, 0.2) is 12.4 Å². The molecule has 0 bridgehead atoms. The van der Waals surface area contributed by atoms with Gasteiger partial charge in [-0.15, -0.1) is 0 Å². The van der Waals surface area contributed by atoms with Crippen molar-refractivity contribution in [3.8, 4) is 5.75 Å². The first-order valence-corrected chi connectivity index (χ1v) is 6.93. The van der Waals surface area contributed by atoms with Crippen LogP contribution in [0.4, 0.5) is 0 Å². The smallest absolute Gasteiger partial charge is 0.260 e. The van der Waals surface area contributed by atoms with Crippen molar-refractivity contribution in [3.05, 3.63) is 12.4 Å². The fraction of sp³-hybridized carbons (Fsp3) is 0.692. The minimum Gasteiger partial charge on any atom is -0.480 e. The first-order valence-electron chi connectivity index (χ1n) is 6.93. The first-order chi connectivity index (χ1) is 9.29. The van der Waals surface area contributed by atoms with E-state index in [4.69, 9.17) is 4.74 Å². The maximum atomic E-state index is 12.0. The summed E-state index contributed by atoms with van der Waals surface area (Å²) in [5.41, 5.74) is 0. The van der Waals surface area contributed by atoms with E-state index < -0.39 is 0 Å². The third-order valence-electron chi connectivity index (χ3n) is 3.12. The fourth-order valence-electron chi connectivity index (χ4n) is 2.10. The van der Waals surface area contributed by atoms with Gasteiger partial charge >= 0.3 is 0 Å². The zero-order valence-electron chi connectivity index (χ0n) is 11.5. The molecule has 1 aliphatic heterocycles. The minimum absolute atomic E-state index is 0.0481. The van der Waals surface area contributed by atoms with Crippen LogP contribution in [0.2, 0.25) is 0 Å². The fourth-order valence-corrected chi connectivity index (χ4v) is 2.10. The summed E-state index contributed by atoms with van der Waals surface area (Å²) < 4.78 is 7.32. The Morgan fingerprint density at radius 3 is 3.21 bits per heavy atom. The van der Waals surface area contributed by atoms with E-state index in [1.807, 2.05) is 15.8 Å². The summed E-state index contributed by atoms with van der Waals surface area (Å²) >= 11 is 0. The highest BCUT2D eigenvalue weighted by Crippen LogP contribution is 2.09. The Balaban J connectivity index is 1.78. The van der Waals surface area contributed by atoms with E-state index in [9.17, 15) is 4.79 Å². The molecular weight excluding hydrogens is 244 g/mol. The summed E-state index contributed by atoms with van der Waals surface area (Å²) in [6.45, 7) is 6.47. The lowest BCUT2D eigenvalue weighted by atomic mass is 10.4. The van der Waals surface area contributed by atoms with Crippen LogP contribution >= 0.6 is 0 Å². The number of hydrogen-bond donors (Lipinski definition) is 1. The number of nitrogens with one attached hydrogen (secondary N) is 1. The molecule has 1 aromatic rings. The molecule has 0 saturated carbocycles. The molecule has 1 N–H and O–H groups in total. The third kappa shape index (κ3) is 4.24. The SMILES string of the molecule is CCCn1cc(OCC(=O)N2CCCNCC2)cn1. The van der Waals surface area contributed by atoms with Crippen LogP contribution in [-0.4, -0.2) is 53.4 Å². The first kappa shape index (κ1) is 13.9. The van der Waals surface area contributed by atoms with Gasteiger partial charge in [0, 0.05) is 26.2 Å². The lowest BCUT2D eigenvalue weighted by Gasteiger charge is -2.19. The predicted octanol–water partition coefficient (Wildman–Crippen LogP) is 0.494. The Bertz CT molecular complexity index is 397. The van der Waals surface area contributed by atoms with Gasteiger partial charge in [0.2, 0.25) is 0 Å². The maximum absolute atomic E-state index is 12.0. The van der Waals surface area contributed by atoms with Gasteiger partial charge in [-0.1, -0.05) is 6.92 Å². The molecular formula is C13H22N4O2. The normalized spacial score (nSPS) is 16.2. The Labute approximate surface area is 113 Å². The van der Waals surface area contributed by atoms with E-state index in [0.29, 0.717) is 5.75 Å². The van der Waals surface area contributed by atoms with E-state index in [-0.39, 0.29) is 12.5 Å². The van der Waals surface area contributed by atoms with Gasteiger partial charge in [0.25, 0.3) is 5.91 Å². The highest BCUT2D eigenvalue weighted by Gasteiger charge is 2.15. The van der Waals surface area contributed by atoms with E-state index in [1.54, 1.807) is 6.20 Å². The van der Waals surface area contributed by atoms with Gasteiger partial charge in [0.1, 0.15) is 0 Å². The Morgan fingerprint density at radius 1 is 1.47 bits per heavy atom. The molecule has 106 valence electrons. The number of carbonyl (C=O) groups excluding carboxylic acids is 1. The number of hydrogen-bond acceptors (Lipinski definition) is 4. The lowest BCUT2D eigenvalue weighted by Crippen LogP contribution is -2.37. The number of ether oxygens (including phenoxy) is 1. The Morgan fingerprint density at radius 2 is 2.37 bits per heavy atom. The quantitative estimate of drug-likeness (QED) is 0.843. The molecule has 1 aromatic heterocycles. The van der Waals surface area contributed by atoms with Gasteiger partial charge in [-0.05, 0) is 19.4 Å². The highest BCUT2D eigenvalue weighted by atomic mass is 16.5. The van der Waals surface area contributed by atoms with Crippen molar-refractivity contribution in [3.63, 3.8) is 0 Å². The van der Waals surface area contributed by atoms with Crippen molar-refractivity contribution >= 4 is 5.91 Å². The van der Waals surface area contributed by atoms with Crippen molar-refractivity contribution in [2.75, 3.05) is 32.8 Å². The molecule has 1 fully saturated rings. The van der Waals surface area contributed by atoms with Gasteiger partial charge in [-0.3, -0.25) is 9.48 Å². The standard InChI is InChI=1S/C13H22N4O2/c1-2-6-17-10-12(9-15-17)19-11-13(18)16-7-3-4-14-5-8-16/h9-10,14H,2-8,11H2,1H3. The van der Waals surface area contributed by atoms with Crippen molar-refractivity contribution in [1.29, 1.82) is 0 Å². The number of aryl methyl sites for hydroxylation is 1. The molecule has 2 rings (SSSR count). The average molecular weight is 266 g/mol. The van der Waals surface area contributed by atoms with Crippen molar-refractivity contribution in [1.82, 2.24) is 20.0 Å². The molecule has 1 saturated heterocycles. The number of carbonyl (C=O) groups is 1. The van der Waals surface area contributed by atoms with Crippen LogP contribution in [0, 0.1) is 0 Å². The maximum Gasteiger partial charge on any atom is 0.260 e. The molecule has 0 aliphatic carbocycles. The molecule has 1 aliphatic rings. The molecule has 0 atom stereocenters. The second-order valence-electron chi connectivity index (χ2n) is 4.71. The summed E-state index contributed by atoms with van der Waals surface area (Å²) in [5.74, 6) is 0.710. The summed E-state index contributed by atoms with van der Waals surface area (Å²) in [7, 11) is 0. The molecule has 0 spiro atoms. The van der Waals surface area contributed by atoms with Crippen LogP contribution in [0.15, 0.2) is 12.4 Å². The van der Waals surface area contributed by atoms with Crippen LogP contribution < -0.4 is 10.1 Å². The van der Waals surface area contributed by atoms with Crippen LogP contribution in [0.25, 0.3) is 0 Å². The average Bonchev–Trinajstić information content (AvgIpc) is 2.69. The Hall–Kier alpha value is -1.56. The van der Waals surface area contributed by atoms with Crippen LogP contribution in [-0.2, 0) is 11.3 Å². The second-order valence-corrected chi connectivity index (χ2v) is 4.71. The van der Waals surface area contributed by atoms with E-state index in [1.165, 1.54) is 0 Å². The van der Waals surface area contributed by atoms with E-state index in [0.717, 1.165) is 45.6 Å².